The Balaban J connectivity index is 2.66. The molecule has 0 aromatic heterocycles. The summed E-state index contributed by atoms with van der Waals surface area (Å²) >= 11 is 0. The average molecular weight is 264 g/mol. The molecule has 0 heterocycles. The molecule has 100 valence electrons. The molecule has 7 nitrogen and oxygen atoms in total. The first-order valence-electron chi connectivity index (χ1n) is 5.34. The lowest BCUT2D eigenvalue weighted by atomic mass is 10.2. The Morgan fingerprint density at radius 2 is 2.11 bits per heavy atom. The number of carbonyl (C=O) groups excluding carboxylic acids is 2. The average Bonchev–Trinajstić information content (AvgIpc) is 2.42. The molecule has 0 unspecified atom stereocenters. The maximum atomic E-state index is 11.6. The summed E-state index contributed by atoms with van der Waals surface area (Å²) < 4.78 is 4.69. The van der Waals surface area contributed by atoms with Crippen molar-refractivity contribution in [2.75, 3.05) is 13.2 Å². The zero-order valence-electron chi connectivity index (χ0n) is 10.00. The van der Waals surface area contributed by atoms with E-state index in [9.17, 15) is 19.7 Å². The summed E-state index contributed by atoms with van der Waals surface area (Å²) in [6, 6.07) is 5.36. The zero-order valence-corrected chi connectivity index (χ0v) is 10.00. The van der Waals surface area contributed by atoms with Gasteiger partial charge in [-0.3, -0.25) is 14.9 Å². The zero-order chi connectivity index (χ0) is 14.3. The molecule has 0 saturated carbocycles. The second-order valence-corrected chi connectivity index (χ2v) is 3.44. The van der Waals surface area contributed by atoms with Crippen molar-refractivity contribution >= 4 is 17.6 Å². The summed E-state index contributed by atoms with van der Waals surface area (Å²) in [5.41, 5.74) is -0.553. The van der Waals surface area contributed by atoms with Crippen molar-refractivity contribution in [3.05, 3.63) is 52.6 Å². The molecular formula is C12H12N2O5. The standard InChI is InChI=1S/C12H12N2O5/c1-2-7-13-11(15)8-19-12(16)9-5-3-4-6-10(9)14(17)18/h2-6H,1,7-8H2,(H,13,15). The van der Waals surface area contributed by atoms with Gasteiger partial charge < -0.3 is 10.1 Å². The van der Waals surface area contributed by atoms with Gasteiger partial charge in [-0.2, -0.15) is 0 Å². The number of para-hydroxylation sites is 1. The van der Waals surface area contributed by atoms with Crippen molar-refractivity contribution in [1.82, 2.24) is 5.32 Å². The maximum Gasteiger partial charge on any atom is 0.345 e. The van der Waals surface area contributed by atoms with Gasteiger partial charge in [0.1, 0.15) is 5.56 Å². The molecule has 0 atom stereocenters. The van der Waals surface area contributed by atoms with Crippen molar-refractivity contribution in [1.29, 1.82) is 0 Å². The highest BCUT2D eigenvalue weighted by Crippen LogP contribution is 2.18. The highest BCUT2D eigenvalue weighted by molar-refractivity contribution is 5.95. The molecule has 0 aliphatic heterocycles. The van der Waals surface area contributed by atoms with Crippen LogP contribution in [0.2, 0.25) is 0 Å². The smallest absolute Gasteiger partial charge is 0.345 e. The fraction of sp³-hybridized carbons (Fsp3) is 0.167. The third kappa shape index (κ3) is 4.23. The number of esters is 1. The van der Waals surface area contributed by atoms with E-state index in [2.05, 4.69) is 16.6 Å². The molecule has 0 spiro atoms. The highest BCUT2D eigenvalue weighted by Gasteiger charge is 2.20. The number of nitrogens with one attached hydrogen (secondary N) is 1. The molecule has 1 aromatic carbocycles. The minimum absolute atomic E-state index is 0.191. The van der Waals surface area contributed by atoms with Gasteiger partial charge in [0.25, 0.3) is 11.6 Å². The normalized spacial score (nSPS) is 9.47. The number of hydrogen-bond acceptors (Lipinski definition) is 5. The van der Waals surface area contributed by atoms with Crippen molar-refractivity contribution in [2.45, 2.75) is 0 Å². The van der Waals surface area contributed by atoms with E-state index in [0.29, 0.717) is 0 Å². The fourth-order valence-electron chi connectivity index (χ4n) is 1.25. The number of ether oxygens (including phenoxy) is 1. The van der Waals surface area contributed by atoms with Crippen LogP contribution in [0.5, 0.6) is 0 Å². The second kappa shape index (κ2) is 6.90. The van der Waals surface area contributed by atoms with Gasteiger partial charge in [0, 0.05) is 12.6 Å². The van der Waals surface area contributed by atoms with Crippen LogP contribution in [0.25, 0.3) is 0 Å². The van der Waals surface area contributed by atoms with Crippen LogP contribution in [0.3, 0.4) is 0 Å². The molecule has 0 fully saturated rings. The number of amides is 1. The van der Waals surface area contributed by atoms with Crippen LogP contribution in [-0.4, -0.2) is 30.0 Å². The highest BCUT2D eigenvalue weighted by atomic mass is 16.6. The predicted molar refractivity (Wildman–Crippen MR) is 66.6 cm³/mol. The van der Waals surface area contributed by atoms with Gasteiger partial charge in [-0.05, 0) is 6.07 Å². The van der Waals surface area contributed by atoms with Gasteiger partial charge in [0.05, 0.1) is 4.92 Å². The van der Waals surface area contributed by atoms with E-state index in [0.717, 1.165) is 0 Å². The first kappa shape index (κ1) is 14.4. The van der Waals surface area contributed by atoms with E-state index in [1.807, 2.05) is 0 Å². The lowest BCUT2D eigenvalue weighted by Gasteiger charge is -2.05. The van der Waals surface area contributed by atoms with Gasteiger partial charge in [-0.25, -0.2) is 4.79 Å². The number of hydrogen-bond donors (Lipinski definition) is 1. The molecule has 7 heteroatoms. The number of nitro benzene ring substituents is 1. The summed E-state index contributed by atoms with van der Waals surface area (Å²) in [5, 5.41) is 13.1. The van der Waals surface area contributed by atoms with Crippen LogP contribution < -0.4 is 5.32 Å². The molecule has 0 saturated heterocycles. The van der Waals surface area contributed by atoms with Crippen molar-refractivity contribution < 1.29 is 19.2 Å². The van der Waals surface area contributed by atoms with Crippen LogP contribution in [-0.2, 0) is 9.53 Å². The molecule has 0 radical (unpaired) electrons. The number of nitro groups is 1. The van der Waals surface area contributed by atoms with Crippen LogP contribution in [0.15, 0.2) is 36.9 Å². The van der Waals surface area contributed by atoms with Gasteiger partial charge >= 0.3 is 5.97 Å². The lowest BCUT2D eigenvalue weighted by Crippen LogP contribution is -2.28. The SMILES string of the molecule is C=CCNC(=O)COC(=O)c1ccccc1[N+](=O)[O-]. The molecule has 1 N–H and O–H groups in total. The maximum absolute atomic E-state index is 11.6. The molecule has 19 heavy (non-hydrogen) atoms. The van der Waals surface area contributed by atoms with Crippen molar-refractivity contribution in [2.24, 2.45) is 0 Å². The lowest BCUT2D eigenvalue weighted by molar-refractivity contribution is -0.385. The van der Waals surface area contributed by atoms with E-state index in [1.54, 1.807) is 0 Å². The Bertz CT molecular complexity index is 513. The van der Waals surface area contributed by atoms with E-state index in [4.69, 9.17) is 0 Å². The topological polar surface area (TPSA) is 98.5 Å². The fourth-order valence-corrected chi connectivity index (χ4v) is 1.25. The Hall–Kier alpha value is -2.70. The Kier molecular flexibility index (Phi) is 5.21. The van der Waals surface area contributed by atoms with Crippen LogP contribution in [0.1, 0.15) is 10.4 Å². The van der Waals surface area contributed by atoms with E-state index >= 15 is 0 Å². The molecule has 1 aromatic rings. The third-order valence-corrected chi connectivity index (χ3v) is 2.10. The van der Waals surface area contributed by atoms with Gasteiger partial charge in [0.2, 0.25) is 0 Å². The quantitative estimate of drug-likeness (QED) is 0.358. The van der Waals surface area contributed by atoms with Crippen LogP contribution >= 0.6 is 0 Å². The van der Waals surface area contributed by atoms with Crippen LogP contribution in [0.4, 0.5) is 5.69 Å². The number of benzene rings is 1. The summed E-state index contributed by atoms with van der Waals surface area (Å²) in [4.78, 5) is 32.8. The molecule has 1 rings (SSSR count). The van der Waals surface area contributed by atoms with E-state index in [-0.39, 0.29) is 17.8 Å². The summed E-state index contributed by atoms with van der Waals surface area (Å²) in [6.07, 6.45) is 1.47. The summed E-state index contributed by atoms with van der Waals surface area (Å²) in [7, 11) is 0. The largest absolute Gasteiger partial charge is 0.452 e. The Labute approximate surface area is 109 Å². The molecule has 1 amide bonds. The molecule has 0 aliphatic rings. The first-order chi connectivity index (χ1) is 9.06. The molecule has 0 bridgehead atoms. The van der Waals surface area contributed by atoms with Gasteiger partial charge in [-0.1, -0.05) is 18.2 Å². The summed E-state index contributed by atoms with van der Waals surface area (Å²) in [6.45, 7) is 3.16. The number of rotatable bonds is 6. The van der Waals surface area contributed by atoms with Crippen molar-refractivity contribution in [3.63, 3.8) is 0 Å². The van der Waals surface area contributed by atoms with Crippen molar-refractivity contribution in [3.8, 4) is 0 Å². The monoisotopic (exact) mass is 264 g/mol. The molecular weight excluding hydrogens is 252 g/mol. The molecule has 0 aliphatic carbocycles. The van der Waals surface area contributed by atoms with Gasteiger partial charge in [-0.15, -0.1) is 6.58 Å². The second-order valence-electron chi connectivity index (χ2n) is 3.44. The Morgan fingerprint density at radius 3 is 2.74 bits per heavy atom. The number of carbonyl (C=O) groups is 2. The number of nitrogens with zero attached hydrogens (tertiary/aromatic N) is 1. The van der Waals surface area contributed by atoms with E-state index < -0.39 is 23.4 Å². The Morgan fingerprint density at radius 1 is 1.42 bits per heavy atom. The van der Waals surface area contributed by atoms with Crippen LogP contribution in [0, 0.1) is 10.1 Å². The minimum atomic E-state index is -0.916. The predicted octanol–water partition coefficient (Wildman–Crippen LogP) is 1.05. The first-order valence-corrected chi connectivity index (χ1v) is 5.34. The van der Waals surface area contributed by atoms with Gasteiger partial charge in [0.15, 0.2) is 6.61 Å². The third-order valence-electron chi connectivity index (χ3n) is 2.10. The minimum Gasteiger partial charge on any atom is -0.452 e. The summed E-state index contributed by atoms with van der Waals surface area (Å²) in [5.74, 6) is -1.42. The van der Waals surface area contributed by atoms with E-state index in [1.165, 1.54) is 30.3 Å².